The normalized spacial score (nSPS) is 17.1. The molecule has 2 aliphatic rings. The molecular formula is C30H26ClFN4O2S. The lowest BCUT2D eigenvalue weighted by Crippen LogP contribution is -2.43. The lowest BCUT2D eigenvalue weighted by atomic mass is 9.99. The van der Waals surface area contributed by atoms with Crippen molar-refractivity contribution in [2.24, 2.45) is 0 Å². The van der Waals surface area contributed by atoms with Crippen molar-refractivity contribution in [3.63, 3.8) is 0 Å². The van der Waals surface area contributed by atoms with Gasteiger partial charge in [0.15, 0.2) is 0 Å². The number of amides is 2. The van der Waals surface area contributed by atoms with Crippen LogP contribution in [0.2, 0.25) is 5.02 Å². The molecule has 198 valence electrons. The number of hydrogen-bond acceptors (Lipinski definition) is 4. The molecule has 2 amide bonds. The van der Waals surface area contributed by atoms with Gasteiger partial charge in [0.25, 0.3) is 0 Å². The summed E-state index contributed by atoms with van der Waals surface area (Å²) in [6.07, 6.45) is 1.91. The minimum Gasteiger partial charge on any atom is -0.352 e. The van der Waals surface area contributed by atoms with Gasteiger partial charge in [-0.2, -0.15) is 5.10 Å². The van der Waals surface area contributed by atoms with E-state index in [-0.39, 0.29) is 41.2 Å². The minimum absolute atomic E-state index is 0.114. The Morgan fingerprint density at radius 2 is 1.74 bits per heavy atom. The Balaban J connectivity index is 1.60. The van der Waals surface area contributed by atoms with Crippen LogP contribution < -0.4 is 10.2 Å². The Labute approximate surface area is 235 Å². The van der Waals surface area contributed by atoms with Crippen molar-refractivity contribution in [1.82, 2.24) is 15.1 Å². The van der Waals surface area contributed by atoms with E-state index < -0.39 is 0 Å². The van der Waals surface area contributed by atoms with Gasteiger partial charge in [0.2, 0.25) is 11.8 Å². The molecule has 1 fully saturated rings. The zero-order valence-corrected chi connectivity index (χ0v) is 22.8. The van der Waals surface area contributed by atoms with Gasteiger partial charge < -0.3 is 5.32 Å². The second kappa shape index (κ2) is 10.5. The molecule has 0 spiro atoms. The van der Waals surface area contributed by atoms with Crippen molar-refractivity contribution < 1.29 is 14.0 Å². The SMILES string of the molecule is Cc1ccc(-n2nc(-c3ccc(Cl)cc3)c3c2N(CC(=O)NC2CC2)C(=O)CS[C@H]3c2ccc(F)cc2)cc1. The summed E-state index contributed by atoms with van der Waals surface area (Å²) in [4.78, 5) is 28.3. The Kier molecular flexibility index (Phi) is 6.91. The van der Waals surface area contributed by atoms with Crippen LogP contribution in [0.25, 0.3) is 16.9 Å². The highest BCUT2D eigenvalue weighted by atomic mass is 35.5. The van der Waals surface area contributed by atoms with Gasteiger partial charge in [-0.15, -0.1) is 11.8 Å². The molecule has 6 rings (SSSR count). The number of nitrogens with zero attached hydrogens (tertiary/aromatic N) is 3. The fourth-order valence-electron chi connectivity index (χ4n) is 4.75. The molecule has 0 radical (unpaired) electrons. The Bertz CT molecular complexity index is 1530. The lowest BCUT2D eigenvalue weighted by Gasteiger charge is -2.23. The first-order chi connectivity index (χ1) is 18.9. The zero-order chi connectivity index (χ0) is 27.1. The Morgan fingerprint density at radius 3 is 2.41 bits per heavy atom. The summed E-state index contributed by atoms with van der Waals surface area (Å²) in [5.41, 5.74) is 4.99. The van der Waals surface area contributed by atoms with Gasteiger partial charge in [-0.05, 0) is 61.7 Å². The second-order valence-electron chi connectivity index (χ2n) is 9.90. The molecule has 1 aromatic heterocycles. The number of anilines is 1. The molecule has 2 heterocycles. The fourth-order valence-corrected chi connectivity index (χ4v) is 6.08. The molecule has 0 bridgehead atoms. The number of hydrogen-bond donors (Lipinski definition) is 1. The predicted molar refractivity (Wildman–Crippen MR) is 153 cm³/mol. The number of thioether (sulfide) groups is 1. The van der Waals surface area contributed by atoms with Crippen LogP contribution in [0.1, 0.15) is 34.8 Å². The van der Waals surface area contributed by atoms with Crippen LogP contribution in [0.5, 0.6) is 0 Å². The number of fused-ring (bicyclic) bond motifs is 1. The molecular weight excluding hydrogens is 535 g/mol. The summed E-state index contributed by atoms with van der Waals surface area (Å²) in [6.45, 7) is 1.89. The van der Waals surface area contributed by atoms with Crippen LogP contribution in [0.4, 0.5) is 10.2 Å². The molecule has 3 aromatic carbocycles. The highest BCUT2D eigenvalue weighted by Crippen LogP contribution is 2.48. The third kappa shape index (κ3) is 5.31. The van der Waals surface area contributed by atoms with Gasteiger partial charge in [-0.25, -0.2) is 9.07 Å². The number of carbonyl (C=O) groups excluding carboxylic acids is 2. The summed E-state index contributed by atoms with van der Waals surface area (Å²) in [6, 6.07) is 21.8. The smallest absolute Gasteiger partial charge is 0.240 e. The van der Waals surface area contributed by atoms with E-state index in [4.69, 9.17) is 16.7 Å². The number of aromatic nitrogens is 2. The van der Waals surface area contributed by atoms with Crippen molar-refractivity contribution in [3.8, 4) is 16.9 Å². The summed E-state index contributed by atoms with van der Waals surface area (Å²) < 4.78 is 15.7. The van der Waals surface area contributed by atoms with Crippen molar-refractivity contribution in [2.45, 2.75) is 31.1 Å². The number of carbonyl (C=O) groups is 2. The van der Waals surface area contributed by atoms with Crippen molar-refractivity contribution in [2.75, 3.05) is 17.2 Å². The van der Waals surface area contributed by atoms with Crippen LogP contribution in [0, 0.1) is 12.7 Å². The van der Waals surface area contributed by atoms with Gasteiger partial charge in [0.1, 0.15) is 18.2 Å². The molecule has 4 aromatic rings. The van der Waals surface area contributed by atoms with E-state index in [0.29, 0.717) is 16.5 Å². The zero-order valence-electron chi connectivity index (χ0n) is 21.2. The first-order valence-electron chi connectivity index (χ1n) is 12.8. The van der Waals surface area contributed by atoms with Crippen LogP contribution in [0.3, 0.4) is 0 Å². The number of benzene rings is 3. The molecule has 0 saturated heterocycles. The molecule has 1 aliphatic carbocycles. The van der Waals surface area contributed by atoms with Gasteiger partial charge in [-0.3, -0.25) is 14.5 Å². The average molecular weight is 561 g/mol. The molecule has 6 nitrogen and oxygen atoms in total. The summed E-state index contributed by atoms with van der Waals surface area (Å²) in [7, 11) is 0. The van der Waals surface area contributed by atoms with E-state index >= 15 is 0 Å². The lowest BCUT2D eigenvalue weighted by molar-refractivity contribution is -0.123. The van der Waals surface area contributed by atoms with Crippen LogP contribution >= 0.6 is 23.4 Å². The third-order valence-corrected chi connectivity index (χ3v) is 8.41. The first kappa shape index (κ1) is 25.6. The summed E-state index contributed by atoms with van der Waals surface area (Å²) in [5, 5.41) is 8.33. The molecule has 9 heteroatoms. The molecule has 1 saturated carbocycles. The minimum atomic E-state index is -0.333. The van der Waals surface area contributed by atoms with Crippen molar-refractivity contribution >= 4 is 41.0 Å². The van der Waals surface area contributed by atoms with Gasteiger partial charge in [0.05, 0.1) is 22.4 Å². The van der Waals surface area contributed by atoms with Crippen LogP contribution in [-0.2, 0) is 9.59 Å². The molecule has 39 heavy (non-hydrogen) atoms. The maximum atomic E-state index is 13.9. The predicted octanol–water partition coefficient (Wildman–Crippen LogP) is 6.09. The third-order valence-electron chi connectivity index (χ3n) is 6.90. The maximum absolute atomic E-state index is 13.9. The molecule has 1 N–H and O–H groups in total. The van der Waals surface area contributed by atoms with E-state index in [9.17, 15) is 14.0 Å². The largest absolute Gasteiger partial charge is 0.352 e. The van der Waals surface area contributed by atoms with E-state index in [1.54, 1.807) is 33.8 Å². The summed E-state index contributed by atoms with van der Waals surface area (Å²) >= 11 is 7.66. The Hall–Kier alpha value is -3.62. The summed E-state index contributed by atoms with van der Waals surface area (Å²) in [5.74, 6) is -0.0275. The fraction of sp³-hybridized carbons (Fsp3) is 0.233. The topological polar surface area (TPSA) is 67.2 Å². The highest BCUT2D eigenvalue weighted by molar-refractivity contribution is 8.00. The highest BCUT2D eigenvalue weighted by Gasteiger charge is 2.38. The van der Waals surface area contributed by atoms with Crippen LogP contribution in [-0.4, -0.2) is 39.9 Å². The molecule has 0 unspecified atom stereocenters. The van der Waals surface area contributed by atoms with Gasteiger partial charge >= 0.3 is 0 Å². The van der Waals surface area contributed by atoms with E-state index in [1.807, 2.05) is 43.3 Å². The van der Waals surface area contributed by atoms with Crippen LogP contribution in [0.15, 0.2) is 72.8 Å². The quantitative estimate of drug-likeness (QED) is 0.310. The molecule has 1 atom stereocenters. The van der Waals surface area contributed by atoms with E-state index in [2.05, 4.69) is 5.32 Å². The van der Waals surface area contributed by atoms with Crippen molar-refractivity contribution in [1.29, 1.82) is 0 Å². The standard InChI is InChI=1S/C30H26ClFN4O2S/c1-18-2-14-24(15-3-18)36-30-27(28(34-36)19-4-8-21(31)9-5-19)29(20-6-10-22(32)11-7-20)39-17-26(38)35(30)16-25(37)33-23-12-13-23/h2-11,14-15,23,29H,12-13,16-17H2,1H3,(H,33,37)/t29-/m0/s1. The Morgan fingerprint density at radius 1 is 1.05 bits per heavy atom. The van der Waals surface area contributed by atoms with Gasteiger partial charge in [-0.1, -0.05) is 53.6 Å². The molecule has 1 aliphatic heterocycles. The monoisotopic (exact) mass is 560 g/mol. The van der Waals surface area contributed by atoms with E-state index in [1.165, 1.54) is 23.9 Å². The van der Waals surface area contributed by atoms with Crippen molar-refractivity contribution in [3.05, 3.63) is 100 Å². The average Bonchev–Trinajstić information content (AvgIpc) is 3.68. The van der Waals surface area contributed by atoms with E-state index in [0.717, 1.165) is 40.8 Å². The second-order valence-corrected chi connectivity index (χ2v) is 11.4. The number of rotatable bonds is 6. The number of nitrogens with one attached hydrogen (secondary N) is 1. The first-order valence-corrected chi connectivity index (χ1v) is 14.2. The number of aryl methyl sites for hydroxylation is 1. The van der Waals surface area contributed by atoms with Gasteiger partial charge in [0, 0.05) is 22.2 Å². The maximum Gasteiger partial charge on any atom is 0.240 e. The number of halogens is 2.